The number of aromatic nitrogens is 2. The lowest BCUT2D eigenvalue weighted by molar-refractivity contribution is -0.116. The van der Waals surface area contributed by atoms with Crippen molar-refractivity contribution in [2.24, 2.45) is 0 Å². The number of rotatable bonds is 6. The van der Waals surface area contributed by atoms with E-state index in [1.54, 1.807) is 17.4 Å². The normalized spacial score (nSPS) is 11.8. The van der Waals surface area contributed by atoms with Crippen molar-refractivity contribution in [2.45, 2.75) is 51.9 Å². The van der Waals surface area contributed by atoms with Crippen LogP contribution < -0.4 is 5.32 Å². The number of hydrogen-bond acceptors (Lipinski definition) is 5. The van der Waals surface area contributed by atoms with Crippen LogP contribution in [0, 0.1) is 0 Å². The summed E-state index contributed by atoms with van der Waals surface area (Å²) in [5.41, 5.74) is 0.939. The maximum atomic E-state index is 12.0. The highest BCUT2D eigenvalue weighted by Gasteiger charge is 2.20. The standard InChI is InChI=1S/C19H23N3O2S/c1-19(2,3)15-12-16(22-24-15)21-17(23)10-6-7-11-18-20-13-8-4-5-9-14(13)25-18/h4-5,8-9,12H,6-7,10-11H2,1-3H3,(H,21,22,23). The minimum absolute atomic E-state index is 0.0296. The SMILES string of the molecule is CC(C)(C)c1cc(NC(=O)CCCCc2nc3ccccc3s2)no1. The highest BCUT2D eigenvalue weighted by molar-refractivity contribution is 7.18. The third kappa shape index (κ3) is 4.66. The molecule has 0 aliphatic carbocycles. The number of para-hydroxylation sites is 1. The molecular formula is C19H23N3O2S. The molecule has 0 aliphatic heterocycles. The van der Waals surface area contributed by atoms with Crippen molar-refractivity contribution in [1.82, 2.24) is 10.1 Å². The number of fused-ring (bicyclic) bond motifs is 1. The number of benzene rings is 1. The van der Waals surface area contributed by atoms with Crippen molar-refractivity contribution in [2.75, 3.05) is 5.32 Å². The van der Waals surface area contributed by atoms with Crippen molar-refractivity contribution in [3.05, 3.63) is 41.1 Å². The first-order valence-electron chi connectivity index (χ1n) is 8.53. The third-order valence-electron chi connectivity index (χ3n) is 3.90. The summed E-state index contributed by atoms with van der Waals surface area (Å²) in [5.74, 6) is 1.22. The Morgan fingerprint density at radius 1 is 1.24 bits per heavy atom. The second-order valence-electron chi connectivity index (χ2n) is 7.16. The minimum atomic E-state index is -0.118. The third-order valence-corrected chi connectivity index (χ3v) is 5.00. The number of carbonyl (C=O) groups is 1. The van der Waals surface area contributed by atoms with E-state index in [9.17, 15) is 4.79 Å². The Kier molecular flexibility index (Phi) is 5.18. The van der Waals surface area contributed by atoms with Gasteiger partial charge >= 0.3 is 0 Å². The predicted molar refractivity (Wildman–Crippen MR) is 101 cm³/mol. The molecule has 2 heterocycles. The Morgan fingerprint density at radius 3 is 2.76 bits per heavy atom. The minimum Gasteiger partial charge on any atom is -0.359 e. The molecule has 25 heavy (non-hydrogen) atoms. The Labute approximate surface area is 151 Å². The molecule has 1 N–H and O–H groups in total. The fourth-order valence-corrected chi connectivity index (χ4v) is 3.49. The molecule has 0 aliphatic rings. The summed E-state index contributed by atoms with van der Waals surface area (Å²) < 4.78 is 6.49. The number of carbonyl (C=O) groups excluding carboxylic acids is 1. The monoisotopic (exact) mass is 357 g/mol. The Bertz CT molecular complexity index is 828. The van der Waals surface area contributed by atoms with Crippen molar-refractivity contribution in [1.29, 1.82) is 0 Å². The van der Waals surface area contributed by atoms with Gasteiger partial charge in [-0.05, 0) is 31.4 Å². The van der Waals surface area contributed by atoms with Crippen molar-refractivity contribution >= 4 is 33.3 Å². The van der Waals surface area contributed by atoms with Crippen molar-refractivity contribution in [3.8, 4) is 0 Å². The molecule has 2 aromatic heterocycles. The zero-order valence-corrected chi connectivity index (χ0v) is 15.7. The maximum absolute atomic E-state index is 12.0. The van der Waals surface area contributed by atoms with Gasteiger partial charge in [0.25, 0.3) is 0 Å². The summed E-state index contributed by atoms with van der Waals surface area (Å²) in [7, 11) is 0. The lowest BCUT2D eigenvalue weighted by Crippen LogP contribution is -2.12. The summed E-state index contributed by atoms with van der Waals surface area (Å²) in [6, 6.07) is 9.95. The molecule has 1 aromatic carbocycles. The Morgan fingerprint density at radius 2 is 2.04 bits per heavy atom. The van der Waals surface area contributed by atoms with Gasteiger partial charge in [0.15, 0.2) is 5.82 Å². The van der Waals surface area contributed by atoms with Crippen LogP contribution in [0.2, 0.25) is 0 Å². The molecule has 0 atom stereocenters. The quantitative estimate of drug-likeness (QED) is 0.635. The molecule has 0 spiro atoms. The highest BCUT2D eigenvalue weighted by Crippen LogP contribution is 2.25. The van der Waals surface area contributed by atoms with E-state index in [4.69, 9.17) is 4.52 Å². The summed E-state index contributed by atoms with van der Waals surface area (Å²) in [6.45, 7) is 6.13. The van der Waals surface area contributed by atoms with E-state index < -0.39 is 0 Å². The molecule has 0 fully saturated rings. The predicted octanol–water partition coefficient (Wildman–Crippen LogP) is 4.93. The molecule has 132 valence electrons. The number of amides is 1. The summed E-state index contributed by atoms with van der Waals surface area (Å²) in [5, 5.41) is 7.84. The Balaban J connectivity index is 1.42. The Hall–Kier alpha value is -2.21. The molecule has 0 radical (unpaired) electrons. The van der Waals surface area contributed by atoms with Gasteiger partial charge in [0.2, 0.25) is 5.91 Å². The summed E-state index contributed by atoms with van der Waals surface area (Å²) in [6.07, 6.45) is 3.15. The molecule has 6 heteroatoms. The van der Waals surface area contributed by atoms with Crippen LogP contribution in [0.25, 0.3) is 10.2 Å². The van der Waals surface area contributed by atoms with E-state index >= 15 is 0 Å². The van der Waals surface area contributed by atoms with E-state index in [2.05, 4.69) is 21.5 Å². The molecular weight excluding hydrogens is 334 g/mol. The largest absolute Gasteiger partial charge is 0.359 e. The van der Waals surface area contributed by atoms with E-state index in [1.807, 2.05) is 39.0 Å². The van der Waals surface area contributed by atoms with E-state index in [-0.39, 0.29) is 11.3 Å². The summed E-state index contributed by atoms with van der Waals surface area (Å²) >= 11 is 1.73. The lowest BCUT2D eigenvalue weighted by atomic mass is 9.93. The molecule has 0 saturated carbocycles. The highest BCUT2D eigenvalue weighted by atomic mass is 32.1. The van der Waals surface area contributed by atoms with Gasteiger partial charge in [-0.1, -0.05) is 38.1 Å². The van der Waals surface area contributed by atoms with Crippen LogP contribution in [0.15, 0.2) is 34.9 Å². The first-order valence-corrected chi connectivity index (χ1v) is 9.35. The second-order valence-corrected chi connectivity index (χ2v) is 8.27. The molecule has 3 rings (SSSR count). The molecule has 1 amide bonds. The topological polar surface area (TPSA) is 68.0 Å². The maximum Gasteiger partial charge on any atom is 0.225 e. The van der Waals surface area contributed by atoms with Crippen LogP contribution >= 0.6 is 11.3 Å². The van der Waals surface area contributed by atoms with Crippen LogP contribution in [0.3, 0.4) is 0 Å². The number of aryl methyl sites for hydroxylation is 1. The van der Waals surface area contributed by atoms with Gasteiger partial charge in [0, 0.05) is 17.9 Å². The van der Waals surface area contributed by atoms with Crippen LogP contribution in [0.4, 0.5) is 5.82 Å². The van der Waals surface area contributed by atoms with E-state index in [0.29, 0.717) is 12.2 Å². The fourth-order valence-electron chi connectivity index (χ4n) is 2.48. The molecule has 0 saturated heterocycles. The average molecular weight is 357 g/mol. The fraction of sp³-hybridized carbons (Fsp3) is 0.421. The van der Waals surface area contributed by atoms with Gasteiger partial charge in [-0.2, -0.15) is 0 Å². The summed E-state index contributed by atoms with van der Waals surface area (Å²) in [4.78, 5) is 16.6. The molecule has 5 nitrogen and oxygen atoms in total. The van der Waals surface area contributed by atoms with Gasteiger partial charge < -0.3 is 9.84 Å². The molecule has 3 aromatic rings. The molecule has 0 unspecified atom stereocenters. The zero-order valence-electron chi connectivity index (χ0n) is 14.8. The van der Waals surface area contributed by atoms with Crippen molar-refractivity contribution in [3.63, 3.8) is 0 Å². The number of anilines is 1. The van der Waals surface area contributed by atoms with Gasteiger partial charge in [0.1, 0.15) is 5.76 Å². The van der Waals surface area contributed by atoms with Crippen molar-refractivity contribution < 1.29 is 9.32 Å². The van der Waals surface area contributed by atoms with Crippen LogP contribution in [-0.4, -0.2) is 16.0 Å². The zero-order chi connectivity index (χ0) is 17.9. The molecule has 0 bridgehead atoms. The van der Waals surface area contributed by atoms with Crippen LogP contribution in [0.1, 0.15) is 50.8 Å². The number of thiazole rings is 1. The van der Waals surface area contributed by atoms with Gasteiger partial charge in [-0.25, -0.2) is 4.98 Å². The van der Waals surface area contributed by atoms with E-state index in [0.717, 1.165) is 35.5 Å². The van der Waals surface area contributed by atoms with Crippen LogP contribution in [-0.2, 0) is 16.6 Å². The first kappa shape index (κ1) is 17.6. The number of unbranched alkanes of at least 4 members (excludes halogenated alkanes) is 1. The smallest absolute Gasteiger partial charge is 0.225 e. The number of nitrogens with zero attached hydrogens (tertiary/aromatic N) is 2. The second kappa shape index (κ2) is 7.35. The first-order chi connectivity index (χ1) is 11.9. The van der Waals surface area contributed by atoms with Gasteiger partial charge in [0.05, 0.1) is 15.2 Å². The lowest BCUT2D eigenvalue weighted by Gasteiger charge is -2.12. The number of hydrogen-bond donors (Lipinski definition) is 1. The van der Waals surface area contributed by atoms with E-state index in [1.165, 1.54) is 4.70 Å². The average Bonchev–Trinajstić information content (AvgIpc) is 3.17. The van der Waals surface area contributed by atoms with Gasteiger partial charge in [-0.3, -0.25) is 4.79 Å². The van der Waals surface area contributed by atoms with Crippen LogP contribution in [0.5, 0.6) is 0 Å². The van der Waals surface area contributed by atoms with Gasteiger partial charge in [-0.15, -0.1) is 11.3 Å². The number of nitrogens with one attached hydrogen (secondary N) is 1.